The van der Waals surface area contributed by atoms with Gasteiger partial charge in [0.2, 0.25) is 0 Å². The summed E-state index contributed by atoms with van der Waals surface area (Å²) in [4.78, 5) is 4.01. The number of nitrogens with one attached hydrogen (secondary N) is 1. The Balaban J connectivity index is 2.09. The van der Waals surface area contributed by atoms with E-state index in [1.165, 1.54) is 0 Å². The molecule has 1 N–H and O–H groups in total. The minimum atomic E-state index is 0.487. The van der Waals surface area contributed by atoms with Crippen LogP contribution in [0.2, 0.25) is 5.15 Å². The SMILES string of the molecule is COc1ccc(Br)cc1CNc1ccc(Cl)nc1. The number of anilines is 1. The topological polar surface area (TPSA) is 34.1 Å². The Kier molecular flexibility index (Phi) is 4.44. The van der Waals surface area contributed by atoms with E-state index in [1.807, 2.05) is 24.3 Å². The smallest absolute Gasteiger partial charge is 0.129 e. The Morgan fingerprint density at radius 2 is 2.17 bits per heavy atom. The highest BCUT2D eigenvalue weighted by molar-refractivity contribution is 9.10. The summed E-state index contributed by atoms with van der Waals surface area (Å²) in [6.07, 6.45) is 1.70. The third kappa shape index (κ3) is 3.37. The van der Waals surface area contributed by atoms with Crippen molar-refractivity contribution in [3.63, 3.8) is 0 Å². The molecule has 94 valence electrons. The molecule has 0 radical (unpaired) electrons. The van der Waals surface area contributed by atoms with E-state index in [4.69, 9.17) is 16.3 Å². The average Bonchev–Trinajstić information content (AvgIpc) is 2.38. The van der Waals surface area contributed by atoms with Crippen LogP contribution in [0.15, 0.2) is 41.0 Å². The first-order valence-electron chi connectivity index (χ1n) is 5.37. The Morgan fingerprint density at radius 1 is 1.33 bits per heavy atom. The van der Waals surface area contributed by atoms with E-state index in [1.54, 1.807) is 19.4 Å². The Labute approximate surface area is 119 Å². The molecule has 5 heteroatoms. The minimum absolute atomic E-state index is 0.487. The quantitative estimate of drug-likeness (QED) is 0.858. The van der Waals surface area contributed by atoms with Gasteiger partial charge in [0.15, 0.2) is 0 Å². The first-order chi connectivity index (χ1) is 8.69. The van der Waals surface area contributed by atoms with Crippen LogP contribution in [0.3, 0.4) is 0 Å². The standard InChI is InChI=1S/C13H12BrClN2O/c1-18-12-4-2-10(14)6-9(12)7-16-11-3-5-13(15)17-8-11/h2-6,8,16H,7H2,1H3. The lowest BCUT2D eigenvalue weighted by atomic mass is 10.2. The molecule has 1 heterocycles. The van der Waals surface area contributed by atoms with E-state index >= 15 is 0 Å². The van der Waals surface area contributed by atoms with Crippen molar-refractivity contribution in [1.82, 2.24) is 4.98 Å². The Bertz CT molecular complexity index is 531. The summed E-state index contributed by atoms with van der Waals surface area (Å²) in [5.41, 5.74) is 1.99. The summed E-state index contributed by atoms with van der Waals surface area (Å²) in [6.45, 7) is 0.659. The van der Waals surface area contributed by atoms with Gasteiger partial charge in [-0.05, 0) is 30.3 Å². The summed E-state index contributed by atoms with van der Waals surface area (Å²) in [7, 11) is 1.66. The van der Waals surface area contributed by atoms with E-state index in [0.717, 1.165) is 21.5 Å². The second-order valence-electron chi connectivity index (χ2n) is 3.68. The number of methoxy groups -OCH3 is 1. The van der Waals surface area contributed by atoms with E-state index < -0.39 is 0 Å². The van der Waals surface area contributed by atoms with Crippen LogP contribution in [-0.4, -0.2) is 12.1 Å². The second kappa shape index (κ2) is 6.07. The zero-order valence-electron chi connectivity index (χ0n) is 9.78. The lowest BCUT2D eigenvalue weighted by Crippen LogP contribution is -2.02. The van der Waals surface area contributed by atoms with Crippen molar-refractivity contribution in [1.29, 1.82) is 0 Å². The van der Waals surface area contributed by atoms with Gasteiger partial charge in [-0.3, -0.25) is 0 Å². The summed E-state index contributed by atoms with van der Waals surface area (Å²) in [5.74, 6) is 0.854. The van der Waals surface area contributed by atoms with Gasteiger partial charge in [0, 0.05) is 16.6 Å². The highest BCUT2D eigenvalue weighted by Crippen LogP contribution is 2.24. The van der Waals surface area contributed by atoms with Crippen LogP contribution in [0.5, 0.6) is 5.75 Å². The molecule has 0 aliphatic carbocycles. The van der Waals surface area contributed by atoms with Crippen LogP contribution in [0.25, 0.3) is 0 Å². The number of pyridine rings is 1. The summed E-state index contributed by atoms with van der Waals surface area (Å²) < 4.78 is 6.33. The number of ether oxygens (including phenoxy) is 1. The molecule has 3 nitrogen and oxygen atoms in total. The molecule has 1 aromatic heterocycles. The van der Waals surface area contributed by atoms with Crippen molar-refractivity contribution >= 4 is 33.2 Å². The van der Waals surface area contributed by atoms with E-state index in [-0.39, 0.29) is 0 Å². The molecule has 0 saturated heterocycles. The van der Waals surface area contributed by atoms with Crippen molar-refractivity contribution in [3.8, 4) is 5.75 Å². The molecular formula is C13H12BrClN2O. The zero-order valence-corrected chi connectivity index (χ0v) is 12.1. The molecule has 0 spiro atoms. The van der Waals surface area contributed by atoms with E-state index in [0.29, 0.717) is 11.7 Å². The molecule has 18 heavy (non-hydrogen) atoms. The first kappa shape index (κ1) is 13.2. The van der Waals surface area contributed by atoms with Gasteiger partial charge in [-0.25, -0.2) is 4.98 Å². The number of nitrogens with zero attached hydrogens (tertiary/aromatic N) is 1. The average molecular weight is 328 g/mol. The Hall–Kier alpha value is -1.26. The molecule has 0 unspecified atom stereocenters. The Morgan fingerprint density at radius 3 is 2.83 bits per heavy atom. The lowest BCUT2D eigenvalue weighted by molar-refractivity contribution is 0.410. The van der Waals surface area contributed by atoms with Crippen LogP contribution in [-0.2, 0) is 6.54 Å². The van der Waals surface area contributed by atoms with Gasteiger partial charge in [0.1, 0.15) is 10.9 Å². The fourth-order valence-corrected chi connectivity index (χ4v) is 2.08. The number of halogens is 2. The molecule has 0 aliphatic rings. The van der Waals surface area contributed by atoms with Gasteiger partial charge < -0.3 is 10.1 Å². The van der Waals surface area contributed by atoms with Crippen molar-refractivity contribution in [2.24, 2.45) is 0 Å². The van der Waals surface area contributed by atoms with Crippen molar-refractivity contribution in [2.45, 2.75) is 6.54 Å². The highest BCUT2D eigenvalue weighted by atomic mass is 79.9. The third-order valence-electron chi connectivity index (χ3n) is 2.45. The van der Waals surface area contributed by atoms with Crippen LogP contribution in [0.4, 0.5) is 5.69 Å². The number of hydrogen-bond acceptors (Lipinski definition) is 3. The summed E-state index contributed by atoms with van der Waals surface area (Å²) in [6, 6.07) is 9.55. The molecule has 0 bridgehead atoms. The van der Waals surface area contributed by atoms with Gasteiger partial charge in [0.05, 0.1) is 19.0 Å². The maximum absolute atomic E-state index is 5.73. The van der Waals surface area contributed by atoms with E-state index in [9.17, 15) is 0 Å². The predicted molar refractivity (Wildman–Crippen MR) is 77.3 cm³/mol. The molecule has 2 rings (SSSR count). The normalized spacial score (nSPS) is 10.2. The van der Waals surface area contributed by atoms with Crippen LogP contribution >= 0.6 is 27.5 Å². The molecule has 0 fully saturated rings. The molecule has 1 aromatic carbocycles. The third-order valence-corrected chi connectivity index (χ3v) is 3.17. The van der Waals surface area contributed by atoms with Gasteiger partial charge >= 0.3 is 0 Å². The van der Waals surface area contributed by atoms with Crippen LogP contribution in [0, 0.1) is 0 Å². The van der Waals surface area contributed by atoms with Gasteiger partial charge in [-0.2, -0.15) is 0 Å². The zero-order chi connectivity index (χ0) is 13.0. The molecule has 0 saturated carbocycles. The maximum Gasteiger partial charge on any atom is 0.129 e. The summed E-state index contributed by atoms with van der Waals surface area (Å²) in [5, 5.41) is 3.75. The van der Waals surface area contributed by atoms with Gasteiger partial charge in [-0.15, -0.1) is 0 Å². The number of aromatic nitrogens is 1. The molecule has 0 atom stereocenters. The fourth-order valence-electron chi connectivity index (χ4n) is 1.56. The number of hydrogen-bond donors (Lipinski definition) is 1. The van der Waals surface area contributed by atoms with Gasteiger partial charge in [0.25, 0.3) is 0 Å². The number of benzene rings is 1. The predicted octanol–water partition coefficient (Wildman–Crippen LogP) is 4.12. The first-order valence-corrected chi connectivity index (χ1v) is 6.54. The largest absolute Gasteiger partial charge is 0.496 e. The van der Waals surface area contributed by atoms with Crippen LogP contribution < -0.4 is 10.1 Å². The monoisotopic (exact) mass is 326 g/mol. The molecule has 0 amide bonds. The molecule has 2 aromatic rings. The minimum Gasteiger partial charge on any atom is -0.496 e. The summed E-state index contributed by atoms with van der Waals surface area (Å²) >= 11 is 9.18. The second-order valence-corrected chi connectivity index (χ2v) is 4.98. The van der Waals surface area contributed by atoms with Gasteiger partial charge in [-0.1, -0.05) is 27.5 Å². The van der Waals surface area contributed by atoms with E-state index in [2.05, 4.69) is 26.2 Å². The molecular weight excluding hydrogens is 316 g/mol. The van der Waals surface area contributed by atoms with Crippen molar-refractivity contribution in [3.05, 3.63) is 51.7 Å². The lowest BCUT2D eigenvalue weighted by Gasteiger charge is -2.11. The number of rotatable bonds is 4. The molecule has 0 aliphatic heterocycles. The van der Waals surface area contributed by atoms with Crippen molar-refractivity contribution < 1.29 is 4.74 Å². The fraction of sp³-hybridized carbons (Fsp3) is 0.154. The maximum atomic E-state index is 5.73. The highest BCUT2D eigenvalue weighted by Gasteiger charge is 2.03. The van der Waals surface area contributed by atoms with Crippen molar-refractivity contribution in [2.75, 3.05) is 12.4 Å². The van der Waals surface area contributed by atoms with Crippen LogP contribution in [0.1, 0.15) is 5.56 Å².